The van der Waals surface area contributed by atoms with Crippen LogP contribution < -0.4 is 20.1 Å². The minimum atomic E-state index is 0.0427. The summed E-state index contributed by atoms with van der Waals surface area (Å²) in [4.78, 5) is 23.8. The number of nitrogens with one attached hydrogen (secondary N) is 2. The van der Waals surface area contributed by atoms with E-state index in [4.69, 9.17) is 9.47 Å². The molecule has 1 aliphatic rings. The number of benzene rings is 2. The first-order valence-corrected chi connectivity index (χ1v) is 11.9. The Kier molecular flexibility index (Phi) is 8.15. The molecule has 3 aromatic rings. The maximum absolute atomic E-state index is 12.5. The molecule has 1 amide bonds. The number of rotatable bonds is 10. The van der Waals surface area contributed by atoms with Gasteiger partial charge in [-0.1, -0.05) is 18.2 Å². The number of ether oxygens (including phenoxy) is 2. The van der Waals surface area contributed by atoms with Gasteiger partial charge in [0.2, 0.25) is 11.9 Å². The van der Waals surface area contributed by atoms with Crippen molar-refractivity contribution in [1.29, 1.82) is 0 Å². The highest BCUT2D eigenvalue weighted by Gasteiger charge is 2.23. The molecule has 0 aliphatic carbocycles. The first kappa shape index (κ1) is 24.5. The van der Waals surface area contributed by atoms with Crippen molar-refractivity contribution in [3.63, 3.8) is 0 Å². The van der Waals surface area contributed by atoms with Crippen LogP contribution in [0.25, 0.3) is 11.3 Å². The number of aromatic nitrogens is 2. The van der Waals surface area contributed by atoms with Crippen LogP contribution in [0.5, 0.6) is 11.5 Å². The molecular formula is C27H33N5O3. The Morgan fingerprint density at radius 3 is 2.74 bits per heavy atom. The van der Waals surface area contributed by atoms with Crippen LogP contribution in [0.4, 0.5) is 11.6 Å². The fourth-order valence-electron chi connectivity index (χ4n) is 4.38. The second-order valence-corrected chi connectivity index (χ2v) is 8.74. The summed E-state index contributed by atoms with van der Waals surface area (Å²) in [5, 5.41) is 6.33. The average Bonchev–Trinajstić information content (AvgIpc) is 3.28. The average molecular weight is 476 g/mol. The number of carbonyl (C=O) groups excluding carboxylic acids is 1. The first-order valence-electron chi connectivity index (χ1n) is 11.9. The largest absolute Gasteiger partial charge is 0.493 e. The molecule has 0 bridgehead atoms. The summed E-state index contributed by atoms with van der Waals surface area (Å²) in [6.07, 6.45) is 5.27. The number of methoxy groups -OCH3 is 2. The molecule has 2 aromatic carbocycles. The van der Waals surface area contributed by atoms with E-state index in [0.29, 0.717) is 36.5 Å². The van der Waals surface area contributed by atoms with Gasteiger partial charge in [-0.3, -0.25) is 4.79 Å². The third kappa shape index (κ3) is 6.48. The maximum atomic E-state index is 12.5. The van der Waals surface area contributed by atoms with Gasteiger partial charge in [-0.25, -0.2) is 9.97 Å². The van der Waals surface area contributed by atoms with Gasteiger partial charge < -0.3 is 25.0 Å². The molecule has 0 radical (unpaired) electrons. The normalized spacial score (nSPS) is 15.6. The van der Waals surface area contributed by atoms with Crippen molar-refractivity contribution in [2.24, 2.45) is 0 Å². The van der Waals surface area contributed by atoms with Gasteiger partial charge in [0, 0.05) is 36.5 Å². The van der Waals surface area contributed by atoms with Crippen LogP contribution in [0.15, 0.2) is 54.7 Å². The van der Waals surface area contributed by atoms with Gasteiger partial charge in [0.05, 0.1) is 19.9 Å². The van der Waals surface area contributed by atoms with E-state index in [1.807, 2.05) is 48.5 Å². The first-order chi connectivity index (χ1) is 17.1. The highest BCUT2D eigenvalue weighted by molar-refractivity contribution is 5.91. The van der Waals surface area contributed by atoms with Gasteiger partial charge >= 0.3 is 0 Å². The van der Waals surface area contributed by atoms with Crippen molar-refractivity contribution in [2.75, 3.05) is 45.0 Å². The number of likely N-dealkylation sites (tertiary alicyclic amines) is 1. The zero-order valence-corrected chi connectivity index (χ0v) is 20.6. The molecule has 1 fully saturated rings. The van der Waals surface area contributed by atoms with Crippen LogP contribution in [0, 0.1) is 0 Å². The zero-order chi connectivity index (χ0) is 24.6. The summed E-state index contributed by atoms with van der Waals surface area (Å²) in [7, 11) is 5.34. The van der Waals surface area contributed by atoms with E-state index in [-0.39, 0.29) is 5.91 Å². The summed E-state index contributed by atoms with van der Waals surface area (Å²) < 4.78 is 10.7. The monoisotopic (exact) mass is 475 g/mol. The Morgan fingerprint density at radius 2 is 1.97 bits per heavy atom. The maximum Gasteiger partial charge on any atom is 0.225 e. The second kappa shape index (κ2) is 11.7. The van der Waals surface area contributed by atoms with Crippen molar-refractivity contribution in [3.05, 3.63) is 60.3 Å². The SMILES string of the molecule is COc1ccc(CCNc2nccc(-c3cccc(NC(=O)CC4CCCN4C)c3)n2)cc1OC. The zero-order valence-electron chi connectivity index (χ0n) is 20.6. The molecule has 184 valence electrons. The van der Waals surface area contributed by atoms with Crippen molar-refractivity contribution in [1.82, 2.24) is 14.9 Å². The van der Waals surface area contributed by atoms with E-state index in [9.17, 15) is 4.79 Å². The van der Waals surface area contributed by atoms with Crippen LogP contribution in [-0.4, -0.2) is 61.2 Å². The molecule has 1 atom stereocenters. The van der Waals surface area contributed by atoms with Crippen LogP contribution in [0.1, 0.15) is 24.8 Å². The van der Waals surface area contributed by atoms with E-state index < -0.39 is 0 Å². The van der Waals surface area contributed by atoms with Crippen LogP contribution in [0.2, 0.25) is 0 Å². The number of amides is 1. The molecule has 8 nitrogen and oxygen atoms in total. The molecule has 0 spiro atoms. The number of carbonyl (C=O) groups is 1. The van der Waals surface area contributed by atoms with Gasteiger partial charge in [0.25, 0.3) is 0 Å². The number of hydrogen-bond acceptors (Lipinski definition) is 7. The van der Waals surface area contributed by atoms with E-state index in [1.54, 1.807) is 20.4 Å². The van der Waals surface area contributed by atoms with Crippen LogP contribution in [-0.2, 0) is 11.2 Å². The summed E-state index contributed by atoms with van der Waals surface area (Å²) in [6.45, 7) is 1.73. The van der Waals surface area contributed by atoms with Gasteiger partial charge in [-0.2, -0.15) is 0 Å². The summed E-state index contributed by atoms with van der Waals surface area (Å²) in [5.41, 5.74) is 3.61. The minimum Gasteiger partial charge on any atom is -0.493 e. The topological polar surface area (TPSA) is 88.6 Å². The van der Waals surface area contributed by atoms with Crippen molar-refractivity contribution >= 4 is 17.5 Å². The number of hydrogen-bond donors (Lipinski definition) is 2. The third-order valence-electron chi connectivity index (χ3n) is 6.33. The molecule has 35 heavy (non-hydrogen) atoms. The molecule has 2 N–H and O–H groups in total. The predicted octanol–water partition coefficient (Wildman–Crippen LogP) is 4.24. The van der Waals surface area contributed by atoms with Crippen molar-refractivity contribution in [2.45, 2.75) is 31.7 Å². The molecule has 4 rings (SSSR count). The molecule has 1 aromatic heterocycles. The fourth-order valence-corrected chi connectivity index (χ4v) is 4.38. The molecule has 1 unspecified atom stereocenters. The molecule has 1 aliphatic heterocycles. The minimum absolute atomic E-state index is 0.0427. The Labute approximate surface area is 206 Å². The Hall–Kier alpha value is -3.65. The molecule has 0 saturated carbocycles. The van der Waals surface area contributed by atoms with Gasteiger partial charge in [0.15, 0.2) is 11.5 Å². The fraction of sp³-hybridized carbons (Fsp3) is 0.370. The summed E-state index contributed by atoms with van der Waals surface area (Å²) in [6, 6.07) is 15.9. The van der Waals surface area contributed by atoms with E-state index >= 15 is 0 Å². The summed E-state index contributed by atoms with van der Waals surface area (Å²) in [5.74, 6) is 2.03. The van der Waals surface area contributed by atoms with E-state index in [1.165, 1.54) is 0 Å². The third-order valence-corrected chi connectivity index (χ3v) is 6.33. The van der Waals surface area contributed by atoms with E-state index in [0.717, 1.165) is 48.3 Å². The predicted molar refractivity (Wildman–Crippen MR) is 138 cm³/mol. The van der Waals surface area contributed by atoms with Crippen LogP contribution >= 0.6 is 0 Å². The quantitative estimate of drug-likeness (QED) is 0.453. The smallest absolute Gasteiger partial charge is 0.225 e. The van der Waals surface area contributed by atoms with Gasteiger partial charge in [-0.15, -0.1) is 0 Å². The molecule has 2 heterocycles. The lowest BCUT2D eigenvalue weighted by Crippen LogP contribution is -2.29. The lowest BCUT2D eigenvalue weighted by molar-refractivity contribution is -0.117. The Balaban J connectivity index is 1.35. The van der Waals surface area contributed by atoms with Crippen LogP contribution in [0.3, 0.4) is 0 Å². The van der Waals surface area contributed by atoms with Gasteiger partial charge in [0.1, 0.15) is 0 Å². The second-order valence-electron chi connectivity index (χ2n) is 8.74. The Morgan fingerprint density at radius 1 is 1.11 bits per heavy atom. The standard InChI is InChI=1S/C27H33N5O3/c1-32-15-5-8-22(32)18-26(33)30-21-7-4-6-20(17-21)23-12-14-29-27(31-23)28-13-11-19-9-10-24(34-2)25(16-19)35-3/h4,6-7,9-10,12,14,16-17,22H,5,8,11,13,15,18H2,1-3H3,(H,30,33)(H,28,29,31). The highest BCUT2D eigenvalue weighted by Crippen LogP contribution is 2.28. The highest BCUT2D eigenvalue weighted by atomic mass is 16.5. The van der Waals surface area contributed by atoms with Gasteiger partial charge in [-0.05, 0) is 68.8 Å². The summed E-state index contributed by atoms with van der Waals surface area (Å²) >= 11 is 0. The lowest BCUT2D eigenvalue weighted by Gasteiger charge is -2.18. The van der Waals surface area contributed by atoms with E-state index in [2.05, 4.69) is 32.5 Å². The number of anilines is 2. The lowest BCUT2D eigenvalue weighted by atomic mass is 10.1. The Bertz CT molecular complexity index is 1150. The molecule has 8 heteroatoms. The number of nitrogens with zero attached hydrogens (tertiary/aromatic N) is 3. The molecule has 1 saturated heterocycles. The van der Waals surface area contributed by atoms with Crippen molar-refractivity contribution < 1.29 is 14.3 Å². The van der Waals surface area contributed by atoms with Crippen molar-refractivity contribution in [3.8, 4) is 22.8 Å². The molecular weight excluding hydrogens is 442 g/mol.